The number of halogens is 4. The highest BCUT2D eigenvalue weighted by Gasteiger charge is 2.38. The Balaban J connectivity index is 2.59. The van der Waals surface area contributed by atoms with Crippen molar-refractivity contribution >= 4 is 21.8 Å². The second-order valence-electron chi connectivity index (χ2n) is 4.18. The van der Waals surface area contributed by atoms with Crippen molar-refractivity contribution in [2.75, 3.05) is 6.54 Å². The second kappa shape index (κ2) is 6.38. The van der Waals surface area contributed by atoms with Crippen LogP contribution in [-0.4, -0.2) is 23.7 Å². The van der Waals surface area contributed by atoms with E-state index in [1.54, 1.807) is 36.5 Å². The van der Waals surface area contributed by atoms with E-state index in [4.69, 9.17) is 0 Å². The third-order valence-corrected chi connectivity index (χ3v) is 3.06. The Labute approximate surface area is 116 Å². The summed E-state index contributed by atoms with van der Waals surface area (Å²) < 4.78 is 36.7. The van der Waals surface area contributed by atoms with Gasteiger partial charge in [0.15, 0.2) is 0 Å². The molecule has 1 aromatic rings. The Kier molecular flexibility index (Phi) is 5.37. The lowest BCUT2D eigenvalue weighted by Crippen LogP contribution is -2.39. The summed E-state index contributed by atoms with van der Waals surface area (Å²) >= 11 is 3.24. The average molecular weight is 340 g/mol. The van der Waals surface area contributed by atoms with Crippen LogP contribution in [0.25, 0.3) is 0 Å². The number of amides is 1. The van der Waals surface area contributed by atoms with Gasteiger partial charge in [-0.25, -0.2) is 0 Å². The largest absolute Gasteiger partial charge is 0.471 e. The van der Waals surface area contributed by atoms with E-state index in [0.717, 1.165) is 4.47 Å². The van der Waals surface area contributed by atoms with E-state index >= 15 is 0 Å². The van der Waals surface area contributed by atoms with Gasteiger partial charge in [-0.1, -0.05) is 35.0 Å². The number of benzene rings is 1. The highest BCUT2D eigenvalue weighted by molar-refractivity contribution is 9.10. The van der Waals surface area contributed by atoms with Crippen molar-refractivity contribution in [2.24, 2.45) is 5.92 Å². The van der Waals surface area contributed by atoms with Crippen molar-refractivity contribution in [3.8, 4) is 0 Å². The van der Waals surface area contributed by atoms with Gasteiger partial charge in [0.25, 0.3) is 0 Å². The number of carbonyl (C=O) groups excluding carboxylic acids is 1. The van der Waals surface area contributed by atoms with Crippen LogP contribution in [0, 0.1) is 5.92 Å². The van der Waals surface area contributed by atoms with Crippen LogP contribution in [0.1, 0.15) is 18.6 Å². The van der Waals surface area contributed by atoms with Gasteiger partial charge < -0.3 is 10.4 Å². The summed E-state index contributed by atoms with van der Waals surface area (Å²) in [5.41, 5.74) is 0.572. The van der Waals surface area contributed by atoms with E-state index in [9.17, 15) is 23.1 Å². The molecule has 0 heterocycles. The van der Waals surface area contributed by atoms with Crippen molar-refractivity contribution in [1.29, 1.82) is 0 Å². The van der Waals surface area contributed by atoms with Gasteiger partial charge in [-0.05, 0) is 17.7 Å². The lowest BCUT2D eigenvalue weighted by Gasteiger charge is -2.20. The second-order valence-corrected chi connectivity index (χ2v) is 5.10. The maximum absolute atomic E-state index is 12.0. The first-order chi connectivity index (χ1) is 8.71. The van der Waals surface area contributed by atoms with Crippen LogP contribution in [0.15, 0.2) is 28.7 Å². The Morgan fingerprint density at radius 2 is 2.11 bits per heavy atom. The highest BCUT2D eigenvalue weighted by Crippen LogP contribution is 2.24. The molecule has 106 valence electrons. The Bertz CT molecular complexity index is 451. The standard InChI is InChI=1S/C12H13BrF3NO2/c1-7(6-17-11(19)12(14,15)16)10(18)8-3-2-4-9(13)5-8/h2-5,7,10,18H,6H2,1H3,(H,17,19)/t7-,10-/m1/s1. The minimum absolute atomic E-state index is 0.258. The third-order valence-electron chi connectivity index (χ3n) is 2.57. The Morgan fingerprint density at radius 3 is 2.63 bits per heavy atom. The molecule has 1 rings (SSSR count). The van der Waals surface area contributed by atoms with Crippen LogP contribution in [0.3, 0.4) is 0 Å². The Morgan fingerprint density at radius 1 is 1.47 bits per heavy atom. The van der Waals surface area contributed by atoms with Crippen LogP contribution < -0.4 is 5.32 Å². The summed E-state index contributed by atoms with van der Waals surface area (Å²) in [5.74, 6) is -2.54. The van der Waals surface area contributed by atoms with E-state index < -0.39 is 24.1 Å². The summed E-state index contributed by atoms with van der Waals surface area (Å²) in [6.07, 6.45) is -5.86. The van der Waals surface area contributed by atoms with E-state index in [1.807, 2.05) is 0 Å². The van der Waals surface area contributed by atoms with Gasteiger partial charge in [0.1, 0.15) is 0 Å². The van der Waals surface area contributed by atoms with Crippen molar-refractivity contribution in [1.82, 2.24) is 5.32 Å². The van der Waals surface area contributed by atoms with Gasteiger partial charge >= 0.3 is 12.1 Å². The third kappa shape index (κ3) is 4.83. The van der Waals surface area contributed by atoms with Gasteiger partial charge in [-0.15, -0.1) is 0 Å². The molecule has 0 saturated carbocycles. The average Bonchev–Trinajstić information content (AvgIpc) is 2.33. The van der Waals surface area contributed by atoms with E-state index in [-0.39, 0.29) is 6.54 Å². The topological polar surface area (TPSA) is 49.3 Å². The number of alkyl halides is 3. The molecule has 7 heteroatoms. The summed E-state index contributed by atoms with van der Waals surface area (Å²) in [5, 5.41) is 11.7. The summed E-state index contributed by atoms with van der Waals surface area (Å²) in [6.45, 7) is 1.30. The van der Waals surface area contributed by atoms with Crippen molar-refractivity contribution in [3.05, 3.63) is 34.3 Å². The lowest BCUT2D eigenvalue weighted by atomic mass is 9.97. The van der Waals surface area contributed by atoms with Crippen LogP contribution in [-0.2, 0) is 4.79 Å². The molecule has 0 aliphatic heterocycles. The van der Waals surface area contributed by atoms with Crippen LogP contribution in [0.5, 0.6) is 0 Å². The molecule has 0 bridgehead atoms. The molecule has 0 unspecified atom stereocenters. The first kappa shape index (κ1) is 16.0. The fourth-order valence-electron chi connectivity index (χ4n) is 1.48. The van der Waals surface area contributed by atoms with E-state index in [2.05, 4.69) is 15.9 Å². The predicted molar refractivity (Wildman–Crippen MR) is 67.3 cm³/mol. The fourth-order valence-corrected chi connectivity index (χ4v) is 1.90. The van der Waals surface area contributed by atoms with Gasteiger partial charge in [0.2, 0.25) is 0 Å². The quantitative estimate of drug-likeness (QED) is 0.886. The summed E-state index contributed by atoms with van der Waals surface area (Å²) in [7, 11) is 0. The minimum atomic E-state index is -4.90. The van der Waals surface area contributed by atoms with Crippen LogP contribution >= 0.6 is 15.9 Å². The molecule has 0 spiro atoms. The maximum atomic E-state index is 12.0. The maximum Gasteiger partial charge on any atom is 0.471 e. The Hall–Kier alpha value is -1.08. The molecule has 0 aliphatic rings. The van der Waals surface area contributed by atoms with Gasteiger partial charge in [0.05, 0.1) is 6.10 Å². The predicted octanol–water partition coefficient (Wildman–Crippen LogP) is 2.80. The van der Waals surface area contributed by atoms with Crippen molar-refractivity contribution in [2.45, 2.75) is 19.2 Å². The summed E-state index contributed by atoms with van der Waals surface area (Å²) in [6, 6.07) is 6.82. The zero-order valence-electron chi connectivity index (χ0n) is 10.0. The first-order valence-electron chi connectivity index (χ1n) is 5.50. The van der Waals surface area contributed by atoms with Gasteiger partial charge in [-0.3, -0.25) is 4.79 Å². The van der Waals surface area contributed by atoms with Crippen LogP contribution in [0.4, 0.5) is 13.2 Å². The molecule has 0 saturated heterocycles. The summed E-state index contributed by atoms with van der Waals surface area (Å²) in [4.78, 5) is 10.7. The van der Waals surface area contributed by atoms with Crippen molar-refractivity contribution < 1.29 is 23.1 Å². The highest BCUT2D eigenvalue weighted by atomic mass is 79.9. The molecule has 2 atom stereocenters. The molecule has 0 aliphatic carbocycles. The number of hydrogen-bond donors (Lipinski definition) is 2. The first-order valence-corrected chi connectivity index (χ1v) is 6.29. The van der Waals surface area contributed by atoms with Gasteiger partial charge in [0, 0.05) is 16.9 Å². The van der Waals surface area contributed by atoms with Gasteiger partial charge in [-0.2, -0.15) is 13.2 Å². The SMILES string of the molecule is C[C@H](CNC(=O)C(F)(F)F)[C@@H](O)c1cccc(Br)c1. The molecule has 2 N–H and O–H groups in total. The number of hydrogen-bond acceptors (Lipinski definition) is 2. The number of aliphatic hydroxyl groups excluding tert-OH is 1. The molecule has 0 radical (unpaired) electrons. The zero-order chi connectivity index (χ0) is 14.6. The fraction of sp³-hybridized carbons (Fsp3) is 0.417. The molecule has 3 nitrogen and oxygen atoms in total. The minimum Gasteiger partial charge on any atom is -0.388 e. The molecule has 1 amide bonds. The number of nitrogens with one attached hydrogen (secondary N) is 1. The molecular weight excluding hydrogens is 327 g/mol. The van der Waals surface area contributed by atoms with E-state index in [0.29, 0.717) is 5.56 Å². The van der Waals surface area contributed by atoms with E-state index in [1.165, 1.54) is 0 Å². The molecule has 19 heavy (non-hydrogen) atoms. The number of aliphatic hydroxyl groups is 1. The monoisotopic (exact) mass is 339 g/mol. The zero-order valence-corrected chi connectivity index (χ0v) is 11.6. The normalized spacial score (nSPS) is 14.8. The molecule has 0 fully saturated rings. The smallest absolute Gasteiger partial charge is 0.388 e. The molecule has 0 aromatic heterocycles. The number of rotatable bonds is 4. The van der Waals surface area contributed by atoms with Crippen molar-refractivity contribution in [3.63, 3.8) is 0 Å². The lowest BCUT2D eigenvalue weighted by molar-refractivity contribution is -0.173. The number of carbonyl (C=O) groups is 1. The molecule has 1 aromatic carbocycles. The molecular formula is C12H13BrF3NO2. The van der Waals surface area contributed by atoms with Crippen LogP contribution in [0.2, 0.25) is 0 Å².